The molecule has 1 amide bonds. The number of carbonyl (C=O) groups is 3. The van der Waals surface area contributed by atoms with Gasteiger partial charge in [-0.25, -0.2) is 0 Å². The molecule has 0 heterocycles. The summed E-state index contributed by atoms with van der Waals surface area (Å²) in [7, 11) is 0. The maximum absolute atomic E-state index is 10.7. The maximum Gasteiger partial charge on any atom is 0.323 e. The number of carbonyl (C=O) groups excluding carboxylic acids is 1. The number of terminal acetylenes is 1. The van der Waals surface area contributed by atoms with E-state index in [4.69, 9.17) is 16.6 Å². The van der Waals surface area contributed by atoms with Gasteiger partial charge in [-0.05, 0) is 5.92 Å². The predicted octanol–water partition coefficient (Wildman–Crippen LogP) is -1.38. The third kappa shape index (κ3) is 4.42. The van der Waals surface area contributed by atoms with Crippen molar-refractivity contribution in [2.75, 3.05) is 13.1 Å². The Morgan fingerprint density at radius 2 is 1.54 bits per heavy atom. The molecule has 6 nitrogen and oxygen atoms in total. The van der Waals surface area contributed by atoms with Crippen molar-refractivity contribution < 1.29 is 24.6 Å². The summed E-state index contributed by atoms with van der Waals surface area (Å²) in [4.78, 5) is 31.6. The van der Waals surface area contributed by atoms with Crippen LogP contribution >= 0.6 is 0 Å². The van der Waals surface area contributed by atoms with Gasteiger partial charge >= 0.3 is 11.9 Å². The molecule has 0 saturated carbocycles. The Kier molecular flexibility index (Phi) is 4.02. The van der Waals surface area contributed by atoms with Gasteiger partial charge < -0.3 is 15.1 Å². The summed E-state index contributed by atoms with van der Waals surface area (Å²) in [5.74, 6) is -1.95. The van der Waals surface area contributed by atoms with E-state index >= 15 is 0 Å². The van der Waals surface area contributed by atoms with Gasteiger partial charge in [0.05, 0.1) is 0 Å². The number of hydrogen-bond donors (Lipinski definition) is 2. The first-order valence-corrected chi connectivity index (χ1v) is 3.16. The first-order chi connectivity index (χ1) is 5.97. The highest BCUT2D eigenvalue weighted by molar-refractivity contribution is 5.96. The molecule has 6 heteroatoms. The van der Waals surface area contributed by atoms with Crippen LogP contribution in [-0.4, -0.2) is 46.0 Å². The van der Waals surface area contributed by atoms with Gasteiger partial charge in [0.1, 0.15) is 13.1 Å². The first-order valence-electron chi connectivity index (χ1n) is 3.16. The van der Waals surface area contributed by atoms with E-state index < -0.39 is 30.9 Å². The van der Waals surface area contributed by atoms with Gasteiger partial charge in [-0.3, -0.25) is 14.4 Å². The van der Waals surface area contributed by atoms with Crippen LogP contribution in [0.1, 0.15) is 0 Å². The molecule has 0 bridgehead atoms. The molecule has 0 aromatic rings. The van der Waals surface area contributed by atoms with Crippen LogP contribution in [0, 0.1) is 12.3 Å². The van der Waals surface area contributed by atoms with E-state index in [1.54, 1.807) is 5.92 Å². The Morgan fingerprint density at radius 1 is 1.15 bits per heavy atom. The quantitative estimate of drug-likeness (QED) is 0.526. The SMILES string of the molecule is C#CC(=O)N(CC(=O)O)CC(=O)O. The van der Waals surface area contributed by atoms with Crippen molar-refractivity contribution >= 4 is 17.8 Å². The molecule has 0 aromatic heterocycles. The third-order valence-electron chi connectivity index (χ3n) is 1.06. The van der Waals surface area contributed by atoms with Crippen LogP contribution in [-0.2, 0) is 14.4 Å². The van der Waals surface area contributed by atoms with E-state index in [-0.39, 0.29) is 0 Å². The molecule has 0 rings (SSSR count). The van der Waals surface area contributed by atoms with Crippen LogP contribution in [0.5, 0.6) is 0 Å². The molecule has 0 saturated heterocycles. The fourth-order valence-corrected chi connectivity index (χ4v) is 0.617. The monoisotopic (exact) mass is 185 g/mol. The fourth-order valence-electron chi connectivity index (χ4n) is 0.617. The highest BCUT2D eigenvalue weighted by Gasteiger charge is 2.17. The van der Waals surface area contributed by atoms with Crippen LogP contribution < -0.4 is 0 Å². The van der Waals surface area contributed by atoms with Gasteiger partial charge in [-0.15, -0.1) is 6.42 Å². The summed E-state index contributed by atoms with van der Waals surface area (Å²) in [6.07, 6.45) is 4.70. The number of carboxylic acids is 2. The Labute approximate surface area is 73.8 Å². The molecule has 0 unspecified atom stereocenters. The molecule has 0 aliphatic carbocycles. The molecule has 0 spiro atoms. The molecular weight excluding hydrogens is 178 g/mol. The summed E-state index contributed by atoms with van der Waals surface area (Å²) < 4.78 is 0. The van der Waals surface area contributed by atoms with Gasteiger partial charge in [0.15, 0.2) is 0 Å². The lowest BCUT2D eigenvalue weighted by Gasteiger charge is -2.14. The van der Waals surface area contributed by atoms with Crippen molar-refractivity contribution in [2.45, 2.75) is 0 Å². The minimum absolute atomic E-state index is 0.546. The number of carboxylic acid groups (broad SMARTS) is 2. The Hall–Kier alpha value is -2.03. The molecule has 0 radical (unpaired) electrons. The van der Waals surface area contributed by atoms with E-state index in [1.165, 1.54) is 0 Å². The Balaban J connectivity index is 4.38. The third-order valence-corrected chi connectivity index (χ3v) is 1.06. The Bertz CT molecular complexity index is 261. The average molecular weight is 185 g/mol. The van der Waals surface area contributed by atoms with Crippen molar-refractivity contribution in [1.82, 2.24) is 4.90 Å². The molecule has 0 atom stereocenters. The van der Waals surface area contributed by atoms with Gasteiger partial charge in [0.25, 0.3) is 5.91 Å². The Morgan fingerprint density at radius 3 is 1.77 bits per heavy atom. The lowest BCUT2D eigenvalue weighted by atomic mass is 10.4. The topological polar surface area (TPSA) is 94.9 Å². The fraction of sp³-hybridized carbons (Fsp3) is 0.286. The standard InChI is InChI=1S/C7H7NO5/c1-2-5(9)8(3-6(10)11)4-7(12)13/h1H,3-4H2,(H,10,11)(H,12,13). The van der Waals surface area contributed by atoms with Gasteiger partial charge in [0, 0.05) is 0 Å². The number of hydrogen-bond acceptors (Lipinski definition) is 3. The number of nitrogens with zero attached hydrogens (tertiary/aromatic N) is 1. The van der Waals surface area contributed by atoms with E-state index in [1.807, 2.05) is 0 Å². The minimum atomic E-state index is -1.31. The van der Waals surface area contributed by atoms with E-state index in [0.29, 0.717) is 4.90 Å². The molecule has 2 N–H and O–H groups in total. The van der Waals surface area contributed by atoms with Gasteiger partial charge in [0.2, 0.25) is 0 Å². The van der Waals surface area contributed by atoms with Crippen molar-refractivity contribution in [3.63, 3.8) is 0 Å². The van der Waals surface area contributed by atoms with Gasteiger partial charge in [-0.1, -0.05) is 0 Å². The molecule has 0 aliphatic rings. The number of aliphatic carboxylic acids is 2. The lowest BCUT2D eigenvalue weighted by Crippen LogP contribution is -2.38. The largest absolute Gasteiger partial charge is 0.480 e. The van der Waals surface area contributed by atoms with E-state index in [2.05, 4.69) is 0 Å². The molecule has 0 aliphatic heterocycles. The summed E-state index contributed by atoms with van der Waals surface area (Å²) in [6.45, 7) is -1.43. The zero-order valence-electron chi connectivity index (χ0n) is 6.56. The van der Waals surface area contributed by atoms with Crippen LogP contribution in [0.25, 0.3) is 0 Å². The maximum atomic E-state index is 10.7. The molecule has 0 fully saturated rings. The van der Waals surface area contributed by atoms with E-state index in [9.17, 15) is 14.4 Å². The molecule has 70 valence electrons. The minimum Gasteiger partial charge on any atom is -0.480 e. The zero-order valence-corrected chi connectivity index (χ0v) is 6.56. The second-order valence-electron chi connectivity index (χ2n) is 2.09. The normalized spacial score (nSPS) is 8.54. The zero-order chi connectivity index (χ0) is 10.4. The number of rotatable bonds is 4. The van der Waals surface area contributed by atoms with Crippen LogP contribution in [0.4, 0.5) is 0 Å². The van der Waals surface area contributed by atoms with Crippen molar-refractivity contribution in [3.05, 3.63) is 0 Å². The number of amides is 1. The molecular formula is C7H7NO5. The van der Waals surface area contributed by atoms with Crippen LogP contribution in [0.3, 0.4) is 0 Å². The van der Waals surface area contributed by atoms with Crippen molar-refractivity contribution in [1.29, 1.82) is 0 Å². The second kappa shape index (κ2) is 4.77. The molecule has 13 heavy (non-hydrogen) atoms. The van der Waals surface area contributed by atoms with Crippen molar-refractivity contribution in [2.24, 2.45) is 0 Å². The first kappa shape index (κ1) is 11.0. The summed E-state index contributed by atoms with van der Waals surface area (Å²) >= 11 is 0. The average Bonchev–Trinajstić information content (AvgIpc) is 2.00. The van der Waals surface area contributed by atoms with Crippen LogP contribution in [0.15, 0.2) is 0 Å². The highest BCUT2D eigenvalue weighted by Crippen LogP contribution is 1.88. The van der Waals surface area contributed by atoms with E-state index in [0.717, 1.165) is 0 Å². The second-order valence-corrected chi connectivity index (χ2v) is 2.09. The summed E-state index contributed by atoms with van der Waals surface area (Å²) in [6, 6.07) is 0. The van der Waals surface area contributed by atoms with Gasteiger partial charge in [-0.2, -0.15) is 0 Å². The smallest absolute Gasteiger partial charge is 0.323 e. The predicted molar refractivity (Wildman–Crippen MR) is 40.7 cm³/mol. The van der Waals surface area contributed by atoms with Crippen LogP contribution in [0.2, 0.25) is 0 Å². The van der Waals surface area contributed by atoms with Crippen molar-refractivity contribution in [3.8, 4) is 12.3 Å². The summed E-state index contributed by atoms with van der Waals surface area (Å²) in [5, 5.41) is 16.6. The lowest BCUT2D eigenvalue weighted by molar-refractivity contribution is -0.147. The highest BCUT2D eigenvalue weighted by atomic mass is 16.4. The molecule has 0 aromatic carbocycles. The summed E-state index contributed by atoms with van der Waals surface area (Å²) in [5.41, 5.74) is 0.